The molecule has 0 N–H and O–H groups in total. The van der Waals surface area contributed by atoms with Gasteiger partial charge in [-0.05, 0) is 30.4 Å². The molecular formula is C10H9ClO2S2. The summed E-state index contributed by atoms with van der Waals surface area (Å²) in [4.78, 5) is 0. The van der Waals surface area contributed by atoms with Crippen molar-refractivity contribution in [2.75, 3.05) is 0 Å². The van der Waals surface area contributed by atoms with Crippen LogP contribution in [0.3, 0.4) is 0 Å². The Kier molecular flexibility index (Phi) is 2.53. The van der Waals surface area contributed by atoms with E-state index in [9.17, 15) is 8.42 Å². The van der Waals surface area contributed by atoms with Crippen LogP contribution in [0.4, 0.5) is 0 Å². The molecule has 0 spiro atoms. The van der Waals surface area contributed by atoms with E-state index in [1.165, 1.54) is 11.3 Å². The molecule has 0 aliphatic carbocycles. The molecule has 0 unspecified atom stereocenters. The Morgan fingerprint density at radius 1 is 1.27 bits per heavy atom. The van der Waals surface area contributed by atoms with Crippen LogP contribution in [0.5, 0.6) is 0 Å². The zero-order valence-corrected chi connectivity index (χ0v) is 10.6. The van der Waals surface area contributed by atoms with Crippen molar-refractivity contribution in [2.24, 2.45) is 0 Å². The number of fused-ring (bicyclic) bond motifs is 1. The van der Waals surface area contributed by atoms with Crippen molar-refractivity contribution < 1.29 is 8.42 Å². The van der Waals surface area contributed by atoms with Crippen LogP contribution in [0.25, 0.3) is 10.1 Å². The molecule has 15 heavy (non-hydrogen) atoms. The molecule has 0 saturated heterocycles. The summed E-state index contributed by atoms with van der Waals surface area (Å²) in [5.74, 6) is 0. The maximum absolute atomic E-state index is 11.3. The van der Waals surface area contributed by atoms with E-state index in [2.05, 4.69) is 0 Å². The maximum Gasteiger partial charge on any atom is 0.271 e. The Balaban J connectivity index is 2.93. The van der Waals surface area contributed by atoms with Crippen LogP contribution < -0.4 is 0 Å². The van der Waals surface area contributed by atoms with Crippen molar-refractivity contribution in [1.82, 2.24) is 0 Å². The van der Waals surface area contributed by atoms with E-state index >= 15 is 0 Å². The minimum Gasteiger partial charge on any atom is -0.206 e. The maximum atomic E-state index is 11.3. The number of hydrogen-bond donors (Lipinski definition) is 0. The van der Waals surface area contributed by atoms with Crippen LogP contribution in [0.2, 0.25) is 0 Å². The number of thiophene rings is 1. The van der Waals surface area contributed by atoms with Crippen molar-refractivity contribution in [3.05, 3.63) is 29.3 Å². The number of benzene rings is 1. The molecule has 0 aliphatic heterocycles. The zero-order valence-electron chi connectivity index (χ0n) is 8.24. The van der Waals surface area contributed by atoms with E-state index in [-0.39, 0.29) is 4.21 Å². The molecule has 0 radical (unpaired) electrons. The minimum absolute atomic E-state index is 0.258. The van der Waals surface area contributed by atoms with Crippen molar-refractivity contribution >= 4 is 41.2 Å². The fourth-order valence-electron chi connectivity index (χ4n) is 1.60. The first kappa shape index (κ1) is 10.9. The number of aryl methyl sites for hydroxylation is 2. The van der Waals surface area contributed by atoms with Crippen LogP contribution in [0.1, 0.15) is 11.1 Å². The Bertz CT molecular complexity index is 626. The van der Waals surface area contributed by atoms with Crippen LogP contribution >= 0.6 is 22.0 Å². The molecule has 1 aromatic carbocycles. The lowest BCUT2D eigenvalue weighted by atomic mass is 10.1. The fraction of sp³-hybridized carbons (Fsp3) is 0.200. The number of rotatable bonds is 1. The largest absolute Gasteiger partial charge is 0.271 e. The van der Waals surface area contributed by atoms with Gasteiger partial charge in [0, 0.05) is 15.4 Å². The Morgan fingerprint density at radius 3 is 2.47 bits per heavy atom. The van der Waals surface area contributed by atoms with Gasteiger partial charge in [-0.2, -0.15) is 0 Å². The third kappa shape index (κ3) is 1.77. The van der Waals surface area contributed by atoms with Crippen LogP contribution in [0.15, 0.2) is 22.4 Å². The Labute approximate surface area is 96.9 Å². The first-order chi connectivity index (χ1) is 6.91. The van der Waals surface area contributed by atoms with Crippen molar-refractivity contribution in [1.29, 1.82) is 0 Å². The summed E-state index contributed by atoms with van der Waals surface area (Å²) in [5, 5.41) is 0.972. The second-order valence-corrected chi connectivity index (χ2v) is 7.19. The standard InChI is InChI=1S/C10H9ClO2S2/c1-6-4-3-5-8-7(2)10(14-9(6)8)15(11,12)13/h3-5H,1-2H3. The molecule has 2 aromatic rings. The van der Waals surface area contributed by atoms with Gasteiger partial charge >= 0.3 is 0 Å². The molecule has 2 rings (SSSR count). The molecule has 0 atom stereocenters. The summed E-state index contributed by atoms with van der Waals surface area (Å²) in [6, 6.07) is 5.80. The minimum atomic E-state index is -3.62. The second kappa shape index (κ2) is 3.47. The van der Waals surface area contributed by atoms with Crippen molar-refractivity contribution in [2.45, 2.75) is 18.1 Å². The Hall–Kier alpha value is -0.580. The van der Waals surface area contributed by atoms with Gasteiger partial charge in [0.25, 0.3) is 9.05 Å². The lowest BCUT2D eigenvalue weighted by Gasteiger charge is -1.94. The predicted octanol–water partition coefficient (Wildman–Crippen LogP) is 3.45. The topological polar surface area (TPSA) is 34.1 Å². The molecule has 1 aromatic heterocycles. The van der Waals surface area contributed by atoms with Crippen molar-refractivity contribution in [3.8, 4) is 0 Å². The monoisotopic (exact) mass is 260 g/mol. The average molecular weight is 261 g/mol. The van der Waals surface area contributed by atoms with Crippen LogP contribution in [0, 0.1) is 13.8 Å². The summed E-state index contributed by atoms with van der Waals surface area (Å²) < 4.78 is 23.9. The normalized spacial score (nSPS) is 12.2. The first-order valence-corrected chi connectivity index (χ1v) is 7.47. The molecule has 1 heterocycles. The van der Waals surface area contributed by atoms with Gasteiger partial charge in [0.15, 0.2) is 0 Å². The van der Waals surface area contributed by atoms with Gasteiger partial charge in [0.2, 0.25) is 0 Å². The number of hydrogen-bond acceptors (Lipinski definition) is 3. The molecule has 0 amide bonds. The molecular weight excluding hydrogens is 252 g/mol. The zero-order chi connectivity index (χ0) is 11.2. The lowest BCUT2D eigenvalue weighted by Crippen LogP contribution is -1.87. The molecule has 2 nitrogen and oxygen atoms in total. The summed E-state index contributed by atoms with van der Waals surface area (Å²) in [5.41, 5.74) is 1.82. The van der Waals surface area contributed by atoms with Gasteiger partial charge in [-0.3, -0.25) is 0 Å². The highest BCUT2D eigenvalue weighted by Gasteiger charge is 2.19. The van der Waals surface area contributed by atoms with Gasteiger partial charge < -0.3 is 0 Å². The fourth-order valence-corrected chi connectivity index (χ4v) is 4.36. The summed E-state index contributed by atoms with van der Waals surface area (Å²) in [7, 11) is 1.75. The first-order valence-electron chi connectivity index (χ1n) is 4.34. The predicted molar refractivity (Wildman–Crippen MR) is 64.3 cm³/mol. The summed E-state index contributed by atoms with van der Waals surface area (Å²) >= 11 is 1.24. The average Bonchev–Trinajstić information content (AvgIpc) is 2.45. The van der Waals surface area contributed by atoms with Gasteiger partial charge in [0.1, 0.15) is 4.21 Å². The molecule has 0 saturated carbocycles. The molecule has 0 bridgehead atoms. The van der Waals surface area contributed by atoms with Crippen LogP contribution in [-0.2, 0) is 9.05 Å². The van der Waals surface area contributed by atoms with E-state index in [0.717, 1.165) is 21.2 Å². The summed E-state index contributed by atoms with van der Waals surface area (Å²) in [6.07, 6.45) is 0. The van der Waals surface area contributed by atoms with Gasteiger partial charge in [-0.1, -0.05) is 18.2 Å². The van der Waals surface area contributed by atoms with E-state index in [1.54, 1.807) is 6.92 Å². The van der Waals surface area contributed by atoms with Gasteiger partial charge in [0.05, 0.1) is 0 Å². The summed E-state index contributed by atoms with van der Waals surface area (Å²) in [6.45, 7) is 3.75. The highest BCUT2D eigenvalue weighted by Crippen LogP contribution is 2.37. The van der Waals surface area contributed by atoms with Gasteiger partial charge in [-0.15, -0.1) is 11.3 Å². The SMILES string of the molecule is Cc1c(S(=O)(=O)Cl)sc2c(C)cccc12. The third-order valence-electron chi connectivity index (χ3n) is 2.34. The molecule has 5 heteroatoms. The molecule has 0 fully saturated rings. The molecule has 0 aliphatic rings. The Morgan fingerprint density at radius 2 is 1.93 bits per heavy atom. The highest BCUT2D eigenvalue weighted by atomic mass is 35.7. The quantitative estimate of drug-likeness (QED) is 0.736. The smallest absolute Gasteiger partial charge is 0.206 e. The number of halogens is 1. The van der Waals surface area contributed by atoms with Gasteiger partial charge in [-0.25, -0.2) is 8.42 Å². The third-order valence-corrected chi connectivity index (χ3v) is 5.97. The van der Waals surface area contributed by atoms with E-state index < -0.39 is 9.05 Å². The van der Waals surface area contributed by atoms with E-state index in [1.807, 2.05) is 25.1 Å². The second-order valence-electron chi connectivity index (χ2n) is 3.40. The molecule has 80 valence electrons. The van der Waals surface area contributed by atoms with E-state index in [4.69, 9.17) is 10.7 Å². The van der Waals surface area contributed by atoms with Crippen molar-refractivity contribution in [3.63, 3.8) is 0 Å². The van der Waals surface area contributed by atoms with E-state index in [0.29, 0.717) is 0 Å². The van der Waals surface area contributed by atoms with Crippen LogP contribution in [-0.4, -0.2) is 8.42 Å². The lowest BCUT2D eigenvalue weighted by molar-refractivity contribution is 0.611. The highest BCUT2D eigenvalue weighted by molar-refractivity contribution is 8.15.